The average molecular weight is 517 g/mol. The molecule has 2 atom stereocenters. The number of rotatable bonds is 8. The fourth-order valence-electron chi connectivity index (χ4n) is 4.79. The first-order valence-corrected chi connectivity index (χ1v) is 12.4. The van der Waals surface area contributed by atoms with Gasteiger partial charge in [-0.25, -0.2) is 5.01 Å². The number of piperidine rings is 1. The monoisotopic (exact) mass is 516 g/mol. The number of benzene rings is 2. The van der Waals surface area contributed by atoms with Gasteiger partial charge in [0.1, 0.15) is 23.8 Å². The van der Waals surface area contributed by atoms with Crippen molar-refractivity contribution >= 4 is 23.4 Å². The zero-order chi connectivity index (χ0) is 27.5. The molecule has 1 saturated heterocycles. The highest BCUT2D eigenvalue weighted by Crippen LogP contribution is 2.38. The van der Waals surface area contributed by atoms with Crippen molar-refractivity contribution in [1.29, 1.82) is 5.26 Å². The van der Waals surface area contributed by atoms with E-state index in [0.717, 1.165) is 11.3 Å². The van der Waals surface area contributed by atoms with E-state index in [0.29, 0.717) is 30.7 Å². The summed E-state index contributed by atoms with van der Waals surface area (Å²) >= 11 is 0. The molecule has 198 valence electrons. The van der Waals surface area contributed by atoms with Crippen LogP contribution in [-0.4, -0.2) is 71.7 Å². The molecule has 0 radical (unpaired) electrons. The third-order valence-electron chi connectivity index (χ3n) is 6.83. The van der Waals surface area contributed by atoms with Crippen molar-refractivity contribution < 1.29 is 19.1 Å². The molecule has 0 aromatic heterocycles. The fraction of sp³-hybridized carbons (Fsp3) is 0.393. The molecule has 2 aliphatic rings. The minimum absolute atomic E-state index is 0.130. The summed E-state index contributed by atoms with van der Waals surface area (Å²) in [6.45, 7) is 3.40. The lowest BCUT2D eigenvalue weighted by Gasteiger charge is -2.40. The van der Waals surface area contributed by atoms with Gasteiger partial charge >= 0.3 is 0 Å². The predicted octanol–water partition coefficient (Wildman–Crippen LogP) is 1.45. The topological polar surface area (TPSA) is 141 Å². The van der Waals surface area contributed by atoms with Crippen molar-refractivity contribution in [3.8, 4) is 11.8 Å². The maximum Gasteiger partial charge on any atom is 0.256 e. The van der Waals surface area contributed by atoms with Crippen LogP contribution in [0.4, 0.5) is 0 Å². The second-order valence-electron chi connectivity index (χ2n) is 10.3. The molecule has 2 aromatic rings. The largest absolute Gasteiger partial charge is 0.491 e. The van der Waals surface area contributed by atoms with Gasteiger partial charge < -0.3 is 20.7 Å². The van der Waals surface area contributed by atoms with Crippen molar-refractivity contribution in [2.24, 2.45) is 16.3 Å². The van der Waals surface area contributed by atoms with Crippen LogP contribution < -0.4 is 15.8 Å². The van der Waals surface area contributed by atoms with Crippen molar-refractivity contribution in [2.45, 2.75) is 38.3 Å². The van der Waals surface area contributed by atoms with Crippen LogP contribution >= 0.6 is 0 Å². The van der Waals surface area contributed by atoms with Crippen LogP contribution in [0.1, 0.15) is 31.4 Å². The van der Waals surface area contributed by atoms with E-state index in [1.165, 1.54) is 5.01 Å². The quantitative estimate of drug-likeness (QED) is 0.544. The summed E-state index contributed by atoms with van der Waals surface area (Å²) < 4.78 is 5.83. The standard InChI is InChI=1S/C28H32N6O4/c1-27(2,30)25(36)31-22(17-38-21-11-7-10-20(14-21)16-29)24(35)34-13-12-23-28(18-34,26(37)33(3)32-23)15-19-8-5-4-6-9-19/h4-11,14,22H,12-13,15,17-18,30H2,1-3H3,(H,31,36). The van der Waals surface area contributed by atoms with Gasteiger partial charge in [0.05, 0.1) is 22.9 Å². The Balaban J connectivity index is 1.59. The van der Waals surface area contributed by atoms with Gasteiger partial charge in [0, 0.05) is 26.6 Å². The molecule has 3 N–H and O–H groups in total. The van der Waals surface area contributed by atoms with E-state index in [-0.39, 0.29) is 25.0 Å². The molecule has 1 fully saturated rings. The number of nitriles is 1. The van der Waals surface area contributed by atoms with Crippen LogP contribution in [0.15, 0.2) is 59.7 Å². The number of carbonyl (C=O) groups excluding carboxylic acids is 3. The number of amides is 3. The summed E-state index contributed by atoms with van der Waals surface area (Å²) in [6.07, 6.45) is 0.840. The molecule has 0 bridgehead atoms. The number of nitrogens with zero attached hydrogens (tertiary/aromatic N) is 4. The fourth-order valence-corrected chi connectivity index (χ4v) is 4.79. The van der Waals surface area contributed by atoms with E-state index in [1.807, 2.05) is 36.4 Å². The minimum atomic E-state index is -1.22. The van der Waals surface area contributed by atoms with Gasteiger partial charge in [0.15, 0.2) is 0 Å². The number of hydrogen-bond acceptors (Lipinski definition) is 7. The lowest BCUT2D eigenvalue weighted by atomic mass is 9.73. The number of hydrazone groups is 1. The summed E-state index contributed by atoms with van der Waals surface area (Å²) in [7, 11) is 1.63. The smallest absolute Gasteiger partial charge is 0.256 e. The third kappa shape index (κ3) is 5.53. The zero-order valence-corrected chi connectivity index (χ0v) is 21.8. The molecule has 3 amide bonds. The normalized spacial score (nSPS) is 19.8. The third-order valence-corrected chi connectivity index (χ3v) is 6.83. The van der Waals surface area contributed by atoms with Gasteiger partial charge in [-0.2, -0.15) is 10.4 Å². The number of nitrogens with one attached hydrogen (secondary N) is 1. The van der Waals surface area contributed by atoms with Gasteiger partial charge in [-0.1, -0.05) is 36.4 Å². The Labute approximate surface area is 222 Å². The van der Waals surface area contributed by atoms with Crippen molar-refractivity contribution in [3.63, 3.8) is 0 Å². The molecule has 2 unspecified atom stereocenters. The van der Waals surface area contributed by atoms with Crippen molar-refractivity contribution in [2.75, 3.05) is 26.7 Å². The number of ether oxygens (including phenoxy) is 1. The molecule has 2 aliphatic heterocycles. The first-order chi connectivity index (χ1) is 18.0. The Kier molecular flexibility index (Phi) is 7.51. The Hall–Kier alpha value is -4.23. The number of hydrogen-bond donors (Lipinski definition) is 2. The Morgan fingerprint density at radius 2 is 1.97 bits per heavy atom. The Morgan fingerprint density at radius 3 is 2.66 bits per heavy atom. The molecule has 0 spiro atoms. The predicted molar refractivity (Wildman–Crippen MR) is 141 cm³/mol. The van der Waals surface area contributed by atoms with E-state index in [1.54, 1.807) is 50.1 Å². The summed E-state index contributed by atoms with van der Waals surface area (Å²) in [5, 5.41) is 17.7. The maximum absolute atomic E-state index is 13.8. The van der Waals surface area contributed by atoms with E-state index in [9.17, 15) is 19.6 Å². The molecule has 0 saturated carbocycles. The van der Waals surface area contributed by atoms with Gasteiger partial charge in [-0.05, 0) is 44.0 Å². The highest BCUT2D eigenvalue weighted by atomic mass is 16.5. The Morgan fingerprint density at radius 1 is 1.24 bits per heavy atom. The molecule has 10 heteroatoms. The summed E-state index contributed by atoms with van der Waals surface area (Å²) in [6, 6.07) is 17.2. The SMILES string of the molecule is CN1N=C2CCN(C(=O)C(COc3cccc(C#N)c3)NC(=O)C(C)(C)N)CC2(Cc2ccccc2)C1=O. The van der Waals surface area contributed by atoms with Gasteiger partial charge in [-0.3, -0.25) is 14.4 Å². The first-order valence-electron chi connectivity index (χ1n) is 12.4. The molecular weight excluding hydrogens is 484 g/mol. The average Bonchev–Trinajstić information content (AvgIpc) is 3.14. The lowest BCUT2D eigenvalue weighted by molar-refractivity contribution is -0.143. The molecule has 2 heterocycles. The minimum Gasteiger partial charge on any atom is -0.491 e. The Bertz CT molecular complexity index is 1300. The van der Waals surface area contributed by atoms with Gasteiger partial charge in [0.25, 0.3) is 5.91 Å². The number of nitrogens with two attached hydrogens (primary N) is 1. The van der Waals surface area contributed by atoms with E-state index >= 15 is 0 Å². The molecule has 38 heavy (non-hydrogen) atoms. The van der Waals surface area contributed by atoms with E-state index < -0.39 is 22.9 Å². The molecule has 0 aliphatic carbocycles. The maximum atomic E-state index is 13.8. The zero-order valence-electron chi connectivity index (χ0n) is 21.8. The number of fused-ring (bicyclic) bond motifs is 1. The number of carbonyl (C=O) groups is 3. The van der Waals surface area contributed by atoms with Crippen LogP contribution in [-0.2, 0) is 20.8 Å². The summed E-state index contributed by atoms with van der Waals surface area (Å²) in [5.41, 5.74) is 5.91. The lowest BCUT2D eigenvalue weighted by Crippen LogP contribution is -2.62. The second kappa shape index (κ2) is 10.6. The van der Waals surface area contributed by atoms with Gasteiger partial charge in [-0.15, -0.1) is 0 Å². The molecule has 10 nitrogen and oxygen atoms in total. The number of likely N-dealkylation sites (tertiary alicyclic amines) is 1. The highest BCUT2D eigenvalue weighted by molar-refractivity contribution is 6.13. The van der Waals surface area contributed by atoms with Crippen LogP contribution in [0, 0.1) is 16.7 Å². The van der Waals surface area contributed by atoms with Gasteiger partial charge in [0.2, 0.25) is 11.8 Å². The summed E-state index contributed by atoms with van der Waals surface area (Å²) in [4.78, 5) is 41.6. The molecular formula is C28H32N6O4. The van der Waals surface area contributed by atoms with E-state index in [4.69, 9.17) is 10.5 Å². The van der Waals surface area contributed by atoms with Crippen LogP contribution in [0.5, 0.6) is 5.75 Å². The second-order valence-corrected chi connectivity index (χ2v) is 10.3. The van der Waals surface area contributed by atoms with Crippen LogP contribution in [0.3, 0.4) is 0 Å². The first kappa shape index (κ1) is 26.8. The van der Waals surface area contributed by atoms with E-state index in [2.05, 4.69) is 10.4 Å². The van der Waals surface area contributed by atoms with Crippen molar-refractivity contribution in [1.82, 2.24) is 15.2 Å². The van der Waals surface area contributed by atoms with Crippen LogP contribution in [0.2, 0.25) is 0 Å². The van der Waals surface area contributed by atoms with Crippen LogP contribution in [0.25, 0.3) is 0 Å². The van der Waals surface area contributed by atoms with Crippen molar-refractivity contribution in [3.05, 3.63) is 65.7 Å². The summed E-state index contributed by atoms with van der Waals surface area (Å²) in [5.74, 6) is -0.667. The highest BCUT2D eigenvalue weighted by Gasteiger charge is 2.54. The molecule has 4 rings (SSSR count). The molecule has 2 aromatic carbocycles.